The minimum atomic E-state index is -0.511. The Labute approximate surface area is 355 Å². The molecule has 0 fully saturated rings. The summed E-state index contributed by atoms with van der Waals surface area (Å²) in [6.07, 6.45) is 4.02. The molecule has 0 saturated carbocycles. The van der Waals surface area contributed by atoms with E-state index in [1.54, 1.807) is 36.4 Å². The number of hydrogen-bond acceptors (Lipinski definition) is 6. The second-order valence-corrected chi connectivity index (χ2v) is 15.6. The van der Waals surface area contributed by atoms with Crippen molar-refractivity contribution in [2.45, 2.75) is 32.6 Å². The summed E-state index contributed by atoms with van der Waals surface area (Å²) in [7, 11) is 0. The number of unbranched alkanes of at least 4 members (excludes halogenated alkanes) is 3. The monoisotopic (exact) mass is 799 g/mol. The van der Waals surface area contributed by atoms with Gasteiger partial charge in [0.1, 0.15) is 22.8 Å². The summed E-state index contributed by atoms with van der Waals surface area (Å²) < 4.78 is 5.50. The van der Waals surface area contributed by atoms with Crippen molar-refractivity contribution >= 4 is 55.3 Å². The molecular weight excluding hydrogens is 755 g/mol. The lowest BCUT2D eigenvalue weighted by atomic mass is 9.98. The van der Waals surface area contributed by atoms with Crippen LogP contribution in [0.5, 0.6) is 17.2 Å². The number of rotatable bonds is 12. The quantitative estimate of drug-likeness (QED) is 0.0842. The standard InChI is InChI=1S/C55H45NO5/c1-2-3-4-5-28-61-55(60)53-34-47-31-41(8-11-46(47)35-54(53)59)38-16-24-50(25-17-38)56(48-20-12-36(13-21-48)39-6-9-44-32-51(57)26-18-42(44)29-39)49-22-14-37(15-23-49)40-7-10-45-33-52(58)27-19-43(45)30-40/h6-27,29-35,57-59H,2-5,28H2,1H3. The van der Waals surface area contributed by atoms with E-state index >= 15 is 0 Å². The van der Waals surface area contributed by atoms with Crippen molar-refractivity contribution in [1.82, 2.24) is 0 Å². The summed E-state index contributed by atoms with van der Waals surface area (Å²) >= 11 is 0. The van der Waals surface area contributed by atoms with Gasteiger partial charge in [-0.1, -0.05) is 111 Å². The molecule has 9 aromatic rings. The number of hydrogen-bond donors (Lipinski definition) is 3. The predicted octanol–water partition coefficient (Wildman–Crippen LogP) is 14.5. The Bertz CT molecular complexity index is 2900. The van der Waals surface area contributed by atoms with Crippen LogP contribution in [0.25, 0.3) is 65.7 Å². The summed E-state index contributed by atoms with van der Waals surface area (Å²) in [5.41, 5.74) is 9.49. The van der Waals surface area contributed by atoms with E-state index in [2.05, 4.69) is 109 Å². The third-order valence-electron chi connectivity index (χ3n) is 11.4. The second kappa shape index (κ2) is 17.0. The summed E-state index contributed by atoms with van der Waals surface area (Å²) in [5.74, 6) is -0.0864. The van der Waals surface area contributed by atoms with Gasteiger partial charge in [-0.2, -0.15) is 0 Å². The van der Waals surface area contributed by atoms with Crippen LogP contribution in [0.1, 0.15) is 43.0 Å². The number of benzene rings is 9. The van der Waals surface area contributed by atoms with Gasteiger partial charge in [-0.15, -0.1) is 0 Å². The Morgan fingerprint density at radius 3 is 1.28 bits per heavy atom. The van der Waals surface area contributed by atoms with Gasteiger partial charge in [0.05, 0.1) is 6.61 Å². The first kappa shape index (κ1) is 38.9. The van der Waals surface area contributed by atoms with Gasteiger partial charge >= 0.3 is 5.97 Å². The maximum Gasteiger partial charge on any atom is 0.341 e. The van der Waals surface area contributed by atoms with Gasteiger partial charge in [-0.25, -0.2) is 4.79 Å². The number of carbonyl (C=O) groups excluding carboxylic acids is 1. The fraction of sp³-hybridized carbons (Fsp3) is 0.109. The highest BCUT2D eigenvalue weighted by atomic mass is 16.5. The third kappa shape index (κ3) is 8.34. The van der Waals surface area contributed by atoms with Crippen molar-refractivity contribution in [1.29, 1.82) is 0 Å². The highest BCUT2D eigenvalue weighted by Gasteiger charge is 2.17. The van der Waals surface area contributed by atoms with Crippen molar-refractivity contribution in [3.63, 3.8) is 0 Å². The molecule has 3 N–H and O–H groups in total. The Balaban J connectivity index is 1.03. The van der Waals surface area contributed by atoms with E-state index in [-0.39, 0.29) is 22.8 Å². The molecule has 0 saturated heterocycles. The van der Waals surface area contributed by atoms with Crippen molar-refractivity contribution < 1.29 is 24.9 Å². The average molecular weight is 800 g/mol. The van der Waals surface area contributed by atoms with E-state index in [4.69, 9.17) is 4.74 Å². The molecule has 9 rings (SSSR count). The molecule has 0 atom stereocenters. The van der Waals surface area contributed by atoms with Crippen molar-refractivity contribution in [3.8, 4) is 50.6 Å². The Kier molecular flexibility index (Phi) is 10.8. The van der Waals surface area contributed by atoms with Gasteiger partial charge in [0.2, 0.25) is 0 Å². The normalized spacial score (nSPS) is 11.3. The molecule has 0 bridgehead atoms. The lowest BCUT2D eigenvalue weighted by molar-refractivity contribution is 0.0494. The number of esters is 1. The first-order valence-electron chi connectivity index (χ1n) is 20.8. The minimum Gasteiger partial charge on any atom is -0.508 e. The fourth-order valence-electron chi connectivity index (χ4n) is 8.08. The van der Waals surface area contributed by atoms with Crippen LogP contribution in [0.15, 0.2) is 176 Å². The van der Waals surface area contributed by atoms with Gasteiger partial charge in [0.15, 0.2) is 0 Å². The van der Waals surface area contributed by atoms with E-state index in [9.17, 15) is 20.1 Å². The Morgan fingerprint density at radius 1 is 0.426 bits per heavy atom. The average Bonchev–Trinajstić information content (AvgIpc) is 3.29. The highest BCUT2D eigenvalue weighted by molar-refractivity contribution is 6.00. The van der Waals surface area contributed by atoms with E-state index in [1.165, 1.54) is 0 Å². The SMILES string of the molecule is CCCCCCOC(=O)c1cc2cc(-c3ccc(N(c4ccc(-c5ccc6cc(O)ccc6c5)cc4)c4ccc(-c5ccc6cc(O)ccc6c5)cc4)cc3)ccc2cc1O. The van der Waals surface area contributed by atoms with Crippen molar-refractivity contribution in [2.75, 3.05) is 11.5 Å². The Morgan fingerprint density at radius 2 is 0.820 bits per heavy atom. The number of anilines is 3. The van der Waals surface area contributed by atoms with Crippen LogP contribution in [-0.4, -0.2) is 27.9 Å². The molecule has 0 unspecified atom stereocenters. The molecule has 300 valence electrons. The molecule has 0 heterocycles. The molecule has 0 amide bonds. The molecule has 0 aliphatic rings. The van der Waals surface area contributed by atoms with Crippen molar-refractivity contribution in [2.24, 2.45) is 0 Å². The minimum absolute atomic E-state index is 0.0823. The zero-order chi connectivity index (χ0) is 41.9. The van der Waals surface area contributed by atoms with Crippen molar-refractivity contribution in [3.05, 3.63) is 181 Å². The topological polar surface area (TPSA) is 90.2 Å². The molecule has 0 spiro atoms. The fourth-order valence-corrected chi connectivity index (χ4v) is 8.08. The molecule has 6 nitrogen and oxygen atoms in total. The number of phenols is 3. The molecule has 9 aromatic carbocycles. The first-order valence-corrected chi connectivity index (χ1v) is 20.8. The van der Waals surface area contributed by atoms with Crippen LogP contribution in [-0.2, 0) is 4.74 Å². The third-order valence-corrected chi connectivity index (χ3v) is 11.4. The van der Waals surface area contributed by atoms with E-state index < -0.39 is 5.97 Å². The largest absolute Gasteiger partial charge is 0.508 e. The van der Waals surface area contributed by atoms with Gasteiger partial charge in [0.25, 0.3) is 0 Å². The van der Waals surface area contributed by atoms with Gasteiger partial charge in [-0.05, 0) is 163 Å². The Hall–Kier alpha value is -7.57. The van der Waals surface area contributed by atoms with Crippen LogP contribution < -0.4 is 4.90 Å². The van der Waals surface area contributed by atoms with Gasteiger partial charge in [-0.3, -0.25) is 0 Å². The van der Waals surface area contributed by atoms with Gasteiger partial charge < -0.3 is 25.0 Å². The molecule has 6 heteroatoms. The number of nitrogens with zero attached hydrogens (tertiary/aromatic N) is 1. The van der Waals surface area contributed by atoms with Crippen LogP contribution >= 0.6 is 0 Å². The van der Waals surface area contributed by atoms with E-state index in [0.29, 0.717) is 6.61 Å². The molecule has 0 aliphatic heterocycles. The summed E-state index contributed by atoms with van der Waals surface area (Å²) in [4.78, 5) is 15.2. The number of aromatic hydroxyl groups is 3. The predicted molar refractivity (Wildman–Crippen MR) is 249 cm³/mol. The second-order valence-electron chi connectivity index (χ2n) is 15.6. The van der Waals surface area contributed by atoms with Crippen LogP contribution in [0.4, 0.5) is 17.1 Å². The number of fused-ring (bicyclic) bond motifs is 3. The smallest absolute Gasteiger partial charge is 0.341 e. The number of phenolic OH excluding ortho intramolecular Hbond substituents is 3. The molecule has 61 heavy (non-hydrogen) atoms. The maximum absolute atomic E-state index is 12.9. The highest BCUT2D eigenvalue weighted by Crippen LogP contribution is 2.39. The van der Waals surface area contributed by atoms with E-state index in [1.807, 2.05) is 42.5 Å². The summed E-state index contributed by atoms with van der Waals surface area (Å²) in [5, 5.41) is 36.4. The molecule has 0 aromatic heterocycles. The molecular formula is C55H45NO5. The van der Waals surface area contributed by atoms with E-state index in [0.717, 1.165) is 108 Å². The summed E-state index contributed by atoms with van der Waals surface area (Å²) in [6, 6.07) is 58.4. The van der Waals surface area contributed by atoms with Crippen LogP contribution in [0.2, 0.25) is 0 Å². The number of carbonyl (C=O) groups is 1. The zero-order valence-corrected chi connectivity index (χ0v) is 33.9. The maximum atomic E-state index is 12.9. The lowest BCUT2D eigenvalue weighted by Crippen LogP contribution is -2.09. The van der Waals surface area contributed by atoms with Gasteiger partial charge in [0, 0.05) is 17.1 Å². The van der Waals surface area contributed by atoms with Crippen LogP contribution in [0.3, 0.4) is 0 Å². The lowest BCUT2D eigenvalue weighted by Gasteiger charge is -2.26. The zero-order valence-electron chi connectivity index (χ0n) is 33.9. The summed E-state index contributed by atoms with van der Waals surface area (Å²) in [6.45, 7) is 2.48. The van der Waals surface area contributed by atoms with Crippen LogP contribution in [0, 0.1) is 0 Å². The first-order chi connectivity index (χ1) is 29.8. The molecule has 0 aliphatic carbocycles. The molecule has 0 radical (unpaired) electrons. The number of ether oxygens (including phenoxy) is 1.